The average molecular weight is 296 g/mol. The molecule has 1 aliphatic rings. The summed E-state index contributed by atoms with van der Waals surface area (Å²) in [5.41, 5.74) is 6.05. The summed E-state index contributed by atoms with van der Waals surface area (Å²) < 4.78 is 4.89. The monoisotopic (exact) mass is 295 g/mol. The van der Waals surface area contributed by atoms with Crippen LogP contribution in [0.5, 0.6) is 0 Å². The Labute approximate surface area is 121 Å². The van der Waals surface area contributed by atoms with E-state index in [-0.39, 0.29) is 18.7 Å². The zero-order valence-electron chi connectivity index (χ0n) is 10.9. The molecule has 2 rings (SSSR count). The number of hydrazone groups is 1. The molecule has 1 heterocycles. The average Bonchev–Trinajstić information content (AvgIpc) is 2.84. The number of nitrogens with zero attached hydrogens (tertiary/aromatic N) is 2. The fraction of sp³-hybridized carbons (Fsp3) is 0.308. The lowest BCUT2D eigenvalue weighted by Gasteiger charge is -2.21. The van der Waals surface area contributed by atoms with Crippen LogP contribution in [0.1, 0.15) is 13.3 Å². The lowest BCUT2D eigenvalue weighted by molar-refractivity contribution is -0.135. The second-order valence-corrected chi connectivity index (χ2v) is 4.59. The number of halogens is 1. The van der Waals surface area contributed by atoms with Gasteiger partial charge in [0.1, 0.15) is 11.8 Å². The van der Waals surface area contributed by atoms with E-state index in [0.29, 0.717) is 10.7 Å². The molecule has 0 aliphatic carbocycles. The fourth-order valence-electron chi connectivity index (χ4n) is 1.93. The fourth-order valence-corrected chi connectivity index (χ4v) is 2.15. The van der Waals surface area contributed by atoms with Gasteiger partial charge in [0.25, 0.3) is 0 Å². The van der Waals surface area contributed by atoms with Gasteiger partial charge in [-0.05, 0) is 19.1 Å². The molecule has 1 aliphatic heterocycles. The predicted molar refractivity (Wildman–Crippen MR) is 75.6 cm³/mol. The summed E-state index contributed by atoms with van der Waals surface area (Å²) in [4.78, 5) is 23.2. The van der Waals surface area contributed by atoms with Crippen LogP contribution in [-0.2, 0) is 14.3 Å². The van der Waals surface area contributed by atoms with E-state index in [2.05, 4.69) is 5.10 Å². The van der Waals surface area contributed by atoms with E-state index in [9.17, 15) is 9.59 Å². The number of hydrogen-bond donors (Lipinski definition) is 1. The minimum Gasteiger partial charge on any atom is -0.461 e. The van der Waals surface area contributed by atoms with Gasteiger partial charge in [-0.1, -0.05) is 23.7 Å². The predicted octanol–water partition coefficient (Wildman–Crippen LogP) is 1.32. The van der Waals surface area contributed by atoms with Crippen LogP contribution in [-0.4, -0.2) is 30.2 Å². The highest BCUT2D eigenvalue weighted by Gasteiger charge is 2.36. The van der Waals surface area contributed by atoms with Gasteiger partial charge < -0.3 is 10.5 Å². The number of carbonyl (C=O) groups is 2. The van der Waals surface area contributed by atoms with Crippen LogP contribution in [0.25, 0.3) is 0 Å². The van der Waals surface area contributed by atoms with Crippen LogP contribution < -0.4 is 10.7 Å². The summed E-state index contributed by atoms with van der Waals surface area (Å²) >= 11 is 6.08. The van der Waals surface area contributed by atoms with E-state index < -0.39 is 17.9 Å². The smallest absolute Gasteiger partial charge is 0.354 e. The molecule has 1 unspecified atom stereocenters. The summed E-state index contributed by atoms with van der Waals surface area (Å²) in [5, 5.41) is 5.93. The summed E-state index contributed by atoms with van der Waals surface area (Å²) in [6.45, 7) is 1.94. The van der Waals surface area contributed by atoms with Gasteiger partial charge in [-0.15, -0.1) is 0 Å². The number of carbonyl (C=O) groups excluding carboxylic acids is 2. The standard InChI is InChI=1S/C13H14ClN3O3/c1-2-20-13(19)9-7-11(12(15)18)17(16-9)10-6-4-3-5-8(10)14/h3-6,11H,2,7H2,1H3,(H2,15,18). The zero-order valence-corrected chi connectivity index (χ0v) is 11.6. The lowest BCUT2D eigenvalue weighted by atomic mass is 10.1. The van der Waals surface area contributed by atoms with E-state index in [4.69, 9.17) is 22.1 Å². The first kappa shape index (κ1) is 14.3. The Morgan fingerprint density at radius 3 is 2.80 bits per heavy atom. The van der Waals surface area contributed by atoms with Crippen LogP contribution in [0.4, 0.5) is 5.69 Å². The summed E-state index contributed by atoms with van der Waals surface area (Å²) in [6, 6.07) is 6.16. The number of anilines is 1. The largest absolute Gasteiger partial charge is 0.461 e. The topological polar surface area (TPSA) is 85.0 Å². The van der Waals surface area contributed by atoms with Crippen molar-refractivity contribution < 1.29 is 14.3 Å². The molecule has 1 atom stereocenters. The Balaban J connectivity index is 2.35. The Kier molecular flexibility index (Phi) is 4.24. The molecule has 106 valence electrons. The molecule has 7 heteroatoms. The number of rotatable bonds is 4. The molecule has 20 heavy (non-hydrogen) atoms. The molecular weight excluding hydrogens is 282 g/mol. The molecule has 1 aromatic rings. The van der Waals surface area contributed by atoms with E-state index in [1.807, 2.05) is 0 Å². The Morgan fingerprint density at radius 2 is 2.20 bits per heavy atom. The van der Waals surface area contributed by atoms with Crippen LogP contribution in [0.3, 0.4) is 0 Å². The summed E-state index contributed by atoms with van der Waals surface area (Å²) in [7, 11) is 0. The first-order valence-electron chi connectivity index (χ1n) is 6.12. The highest BCUT2D eigenvalue weighted by Crippen LogP contribution is 2.31. The molecular formula is C13H14ClN3O3. The number of hydrogen-bond acceptors (Lipinski definition) is 5. The van der Waals surface area contributed by atoms with Crippen molar-refractivity contribution in [3.63, 3.8) is 0 Å². The van der Waals surface area contributed by atoms with Gasteiger partial charge in [-0.2, -0.15) is 5.10 Å². The third-order valence-electron chi connectivity index (χ3n) is 2.85. The van der Waals surface area contributed by atoms with Crippen molar-refractivity contribution in [1.82, 2.24) is 0 Å². The minimum atomic E-state index is -0.741. The van der Waals surface area contributed by atoms with Crippen molar-refractivity contribution in [1.29, 1.82) is 0 Å². The van der Waals surface area contributed by atoms with Gasteiger partial charge in [-0.25, -0.2) is 4.79 Å². The van der Waals surface area contributed by atoms with Crippen molar-refractivity contribution in [2.75, 3.05) is 11.6 Å². The summed E-state index contributed by atoms with van der Waals surface area (Å²) in [5.74, 6) is -1.12. The molecule has 2 N–H and O–H groups in total. The van der Waals surface area contributed by atoms with Crippen molar-refractivity contribution >= 4 is 34.9 Å². The van der Waals surface area contributed by atoms with Crippen LogP contribution in [0.2, 0.25) is 5.02 Å². The maximum atomic E-state index is 11.7. The molecule has 6 nitrogen and oxygen atoms in total. The molecule has 0 aromatic heterocycles. The minimum absolute atomic E-state index is 0.111. The third kappa shape index (κ3) is 2.75. The number of esters is 1. The van der Waals surface area contributed by atoms with Crippen molar-refractivity contribution in [3.05, 3.63) is 29.3 Å². The second kappa shape index (κ2) is 5.92. The number of nitrogens with two attached hydrogens (primary N) is 1. The molecule has 0 fully saturated rings. The number of para-hydroxylation sites is 1. The molecule has 0 saturated carbocycles. The van der Waals surface area contributed by atoms with E-state index in [1.165, 1.54) is 5.01 Å². The van der Waals surface area contributed by atoms with E-state index in [1.54, 1.807) is 31.2 Å². The molecule has 0 spiro atoms. The van der Waals surface area contributed by atoms with Gasteiger partial charge in [-0.3, -0.25) is 9.80 Å². The van der Waals surface area contributed by atoms with Crippen molar-refractivity contribution in [2.45, 2.75) is 19.4 Å². The van der Waals surface area contributed by atoms with Crippen molar-refractivity contribution in [3.8, 4) is 0 Å². The summed E-state index contributed by atoms with van der Waals surface area (Å²) in [6.07, 6.45) is 0.111. The first-order valence-corrected chi connectivity index (χ1v) is 6.50. The number of ether oxygens (including phenoxy) is 1. The SMILES string of the molecule is CCOC(=O)C1=NN(c2ccccc2Cl)C(C(N)=O)C1. The van der Waals surface area contributed by atoms with Gasteiger partial charge in [0.05, 0.1) is 17.3 Å². The number of benzene rings is 1. The molecule has 0 radical (unpaired) electrons. The van der Waals surface area contributed by atoms with Crippen molar-refractivity contribution in [2.24, 2.45) is 10.8 Å². The highest BCUT2D eigenvalue weighted by atomic mass is 35.5. The number of amides is 1. The molecule has 0 bridgehead atoms. The first-order chi connectivity index (χ1) is 9.54. The van der Waals surface area contributed by atoms with E-state index >= 15 is 0 Å². The quantitative estimate of drug-likeness (QED) is 0.849. The Hall–Kier alpha value is -2.08. The normalized spacial score (nSPS) is 17.8. The third-order valence-corrected chi connectivity index (χ3v) is 3.17. The van der Waals surface area contributed by atoms with Crippen LogP contribution in [0, 0.1) is 0 Å². The second-order valence-electron chi connectivity index (χ2n) is 4.19. The maximum Gasteiger partial charge on any atom is 0.354 e. The Morgan fingerprint density at radius 1 is 1.50 bits per heavy atom. The Bertz CT molecular complexity index is 574. The zero-order chi connectivity index (χ0) is 14.7. The van der Waals surface area contributed by atoms with Gasteiger partial charge in [0, 0.05) is 6.42 Å². The lowest BCUT2D eigenvalue weighted by Crippen LogP contribution is -2.39. The highest BCUT2D eigenvalue weighted by molar-refractivity contribution is 6.38. The van der Waals surface area contributed by atoms with Crippen LogP contribution in [0.15, 0.2) is 29.4 Å². The molecule has 1 aromatic carbocycles. The molecule has 0 saturated heterocycles. The van der Waals surface area contributed by atoms with E-state index in [0.717, 1.165) is 0 Å². The van der Waals surface area contributed by atoms with Gasteiger partial charge >= 0.3 is 5.97 Å². The van der Waals surface area contributed by atoms with Gasteiger partial charge in [0.15, 0.2) is 0 Å². The van der Waals surface area contributed by atoms with Gasteiger partial charge in [0.2, 0.25) is 5.91 Å². The maximum absolute atomic E-state index is 11.7. The number of primary amides is 1. The molecule has 1 amide bonds. The van der Waals surface area contributed by atoms with Crippen LogP contribution >= 0.6 is 11.6 Å².